The number of hydrogen-bond donors (Lipinski definition) is 0. The molecule has 1 saturated heterocycles. The van der Waals surface area contributed by atoms with Gasteiger partial charge in [-0.25, -0.2) is 13.4 Å². The van der Waals surface area contributed by atoms with E-state index in [1.807, 2.05) is 35.2 Å². The number of fused-ring (bicyclic) bond motifs is 2. The standard InChI is InChI=1S/C21H18ClN3O3S3/c1-31(27,28)16-8-4-7-15-18(16)23-21(30-15)25-11-9-24(10-12-25)20(26)19-17(22)13-5-2-3-6-14(13)29-19/h2-8H,9-12H2,1H3. The first-order valence-electron chi connectivity index (χ1n) is 9.64. The highest BCUT2D eigenvalue weighted by molar-refractivity contribution is 7.91. The van der Waals surface area contributed by atoms with Crippen molar-refractivity contribution in [1.29, 1.82) is 0 Å². The van der Waals surface area contributed by atoms with Gasteiger partial charge in [-0.1, -0.05) is 47.2 Å². The van der Waals surface area contributed by atoms with E-state index in [0.717, 1.165) is 19.9 Å². The SMILES string of the molecule is CS(=O)(=O)c1cccc2sc(N3CCN(C(=O)c4sc5ccccc5c4Cl)CC3)nc12. The van der Waals surface area contributed by atoms with Crippen LogP contribution in [0.4, 0.5) is 5.13 Å². The maximum atomic E-state index is 13.1. The number of piperazine rings is 1. The number of thiophene rings is 1. The molecule has 0 saturated carbocycles. The summed E-state index contributed by atoms with van der Waals surface area (Å²) in [6, 6.07) is 13.0. The molecule has 0 radical (unpaired) electrons. The number of sulfone groups is 1. The first-order valence-corrected chi connectivity index (χ1v) is 13.5. The summed E-state index contributed by atoms with van der Waals surface area (Å²) in [5.74, 6) is -0.0467. The summed E-state index contributed by atoms with van der Waals surface area (Å²) in [7, 11) is -3.35. The number of carbonyl (C=O) groups excluding carboxylic acids is 1. The number of amides is 1. The van der Waals surface area contributed by atoms with Gasteiger partial charge in [0.1, 0.15) is 10.4 Å². The molecule has 10 heteroatoms. The first-order chi connectivity index (χ1) is 14.8. The quantitative estimate of drug-likeness (QED) is 0.421. The number of nitrogens with zero attached hydrogens (tertiary/aromatic N) is 3. The third-order valence-electron chi connectivity index (χ3n) is 5.34. The van der Waals surface area contributed by atoms with Gasteiger partial charge in [0.2, 0.25) is 0 Å². The molecule has 160 valence electrons. The van der Waals surface area contributed by atoms with Gasteiger partial charge >= 0.3 is 0 Å². The summed E-state index contributed by atoms with van der Waals surface area (Å²) in [5.41, 5.74) is 0.514. The molecule has 5 rings (SSSR count). The molecule has 0 N–H and O–H groups in total. The van der Waals surface area contributed by atoms with Crippen LogP contribution in [-0.4, -0.2) is 56.6 Å². The third kappa shape index (κ3) is 3.69. The molecule has 6 nitrogen and oxygen atoms in total. The van der Waals surface area contributed by atoms with Crippen LogP contribution in [0.1, 0.15) is 9.67 Å². The molecule has 0 bridgehead atoms. The molecule has 0 atom stereocenters. The lowest BCUT2D eigenvalue weighted by Gasteiger charge is -2.34. The zero-order valence-electron chi connectivity index (χ0n) is 16.5. The lowest BCUT2D eigenvalue weighted by Crippen LogP contribution is -2.48. The minimum absolute atomic E-state index is 0.0467. The summed E-state index contributed by atoms with van der Waals surface area (Å²) < 4.78 is 26.0. The van der Waals surface area contributed by atoms with Crippen molar-refractivity contribution in [2.24, 2.45) is 0 Å². The van der Waals surface area contributed by atoms with Crippen molar-refractivity contribution in [3.63, 3.8) is 0 Å². The molecule has 3 heterocycles. The van der Waals surface area contributed by atoms with Crippen molar-refractivity contribution >= 4 is 75.5 Å². The van der Waals surface area contributed by atoms with Crippen molar-refractivity contribution in [3.05, 3.63) is 52.4 Å². The summed E-state index contributed by atoms with van der Waals surface area (Å²) >= 11 is 9.39. The molecular weight excluding hydrogens is 474 g/mol. The lowest BCUT2D eigenvalue weighted by molar-refractivity contribution is 0.0752. The molecule has 31 heavy (non-hydrogen) atoms. The first kappa shape index (κ1) is 20.7. The number of para-hydroxylation sites is 1. The monoisotopic (exact) mass is 491 g/mol. The molecule has 2 aromatic heterocycles. The van der Waals surface area contributed by atoms with E-state index in [1.54, 1.807) is 12.1 Å². The zero-order valence-corrected chi connectivity index (χ0v) is 19.7. The molecular formula is C21H18ClN3O3S3. The van der Waals surface area contributed by atoms with E-state index in [9.17, 15) is 13.2 Å². The predicted molar refractivity (Wildman–Crippen MR) is 128 cm³/mol. The van der Waals surface area contributed by atoms with Gasteiger partial charge in [-0.3, -0.25) is 4.79 Å². The number of aromatic nitrogens is 1. The van der Waals surface area contributed by atoms with E-state index < -0.39 is 9.84 Å². The van der Waals surface area contributed by atoms with Crippen LogP contribution in [0.25, 0.3) is 20.3 Å². The largest absolute Gasteiger partial charge is 0.345 e. The number of halogens is 1. The fraction of sp³-hybridized carbons (Fsp3) is 0.238. The lowest BCUT2D eigenvalue weighted by atomic mass is 10.2. The maximum absolute atomic E-state index is 13.1. The average molecular weight is 492 g/mol. The summed E-state index contributed by atoms with van der Waals surface area (Å²) in [6.07, 6.45) is 1.20. The number of hydrogen-bond acceptors (Lipinski definition) is 7. The van der Waals surface area contributed by atoms with Crippen molar-refractivity contribution in [1.82, 2.24) is 9.88 Å². The van der Waals surface area contributed by atoms with Crippen molar-refractivity contribution in [3.8, 4) is 0 Å². The third-order valence-corrected chi connectivity index (χ3v) is 9.21. The van der Waals surface area contributed by atoms with E-state index >= 15 is 0 Å². The summed E-state index contributed by atoms with van der Waals surface area (Å²) in [6.45, 7) is 2.36. The Bertz CT molecular complexity index is 1420. The van der Waals surface area contributed by atoms with Crippen LogP contribution in [0.3, 0.4) is 0 Å². The van der Waals surface area contributed by atoms with Crippen molar-refractivity contribution in [2.45, 2.75) is 4.90 Å². The Balaban J connectivity index is 1.35. The fourth-order valence-electron chi connectivity index (χ4n) is 3.74. The normalized spacial score (nSPS) is 15.2. The Labute approximate surface area is 192 Å². The molecule has 1 amide bonds. The Morgan fingerprint density at radius 2 is 1.71 bits per heavy atom. The number of benzene rings is 2. The van der Waals surface area contributed by atoms with Crippen LogP contribution in [0.15, 0.2) is 47.4 Å². The Hall–Kier alpha value is -2.20. The Morgan fingerprint density at radius 3 is 2.42 bits per heavy atom. The van der Waals surface area contributed by atoms with E-state index in [2.05, 4.69) is 9.88 Å². The van der Waals surface area contributed by atoms with Crippen LogP contribution in [-0.2, 0) is 9.84 Å². The number of carbonyl (C=O) groups is 1. The average Bonchev–Trinajstić information content (AvgIpc) is 3.34. The fourth-order valence-corrected chi connectivity index (χ4v) is 7.16. The van der Waals surface area contributed by atoms with E-state index in [0.29, 0.717) is 41.6 Å². The molecule has 0 unspecified atom stereocenters. The van der Waals surface area contributed by atoms with Crippen molar-refractivity contribution in [2.75, 3.05) is 37.3 Å². The Morgan fingerprint density at radius 1 is 1.00 bits per heavy atom. The Kier molecular flexibility index (Phi) is 5.16. The van der Waals surface area contributed by atoms with Crippen LogP contribution in [0.2, 0.25) is 5.02 Å². The highest BCUT2D eigenvalue weighted by Gasteiger charge is 2.27. The van der Waals surface area contributed by atoms with Gasteiger partial charge in [-0.15, -0.1) is 11.3 Å². The molecule has 1 aliphatic rings. The topological polar surface area (TPSA) is 70.6 Å². The van der Waals surface area contributed by atoms with Crippen LogP contribution in [0.5, 0.6) is 0 Å². The highest BCUT2D eigenvalue weighted by Crippen LogP contribution is 2.37. The van der Waals surface area contributed by atoms with Gasteiger partial charge in [-0.05, 0) is 18.2 Å². The number of anilines is 1. The molecule has 1 aliphatic heterocycles. The summed E-state index contributed by atoms with van der Waals surface area (Å²) in [4.78, 5) is 22.5. The van der Waals surface area contributed by atoms with Crippen molar-refractivity contribution < 1.29 is 13.2 Å². The second-order valence-corrected chi connectivity index (χ2v) is 11.8. The summed E-state index contributed by atoms with van der Waals surface area (Å²) in [5, 5.41) is 2.21. The van der Waals surface area contributed by atoms with Crippen LogP contribution in [0, 0.1) is 0 Å². The van der Waals surface area contributed by atoms with Gasteiger partial charge in [0.05, 0.1) is 14.6 Å². The number of rotatable bonds is 3. The highest BCUT2D eigenvalue weighted by atomic mass is 35.5. The zero-order chi connectivity index (χ0) is 21.8. The van der Waals surface area contributed by atoms with Gasteiger partial charge in [0.15, 0.2) is 15.0 Å². The molecule has 1 fully saturated rings. The maximum Gasteiger partial charge on any atom is 0.265 e. The van der Waals surface area contributed by atoms with E-state index in [-0.39, 0.29) is 10.8 Å². The van der Waals surface area contributed by atoms with Gasteiger partial charge < -0.3 is 9.80 Å². The minimum atomic E-state index is -3.35. The predicted octanol–water partition coefficient (Wildman–Crippen LogP) is 4.53. The van der Waals surface area contributed by atoms with E-state index in [1.165, 1.54) is 28.9 Å². The molecule has 4 aromatic rings. The smallest absolute Gasteiger partial charge is 0.265 e. The van der Waals surface area contributed by atoms with Gasteiger partial charge in [0, 0.05) is 42.5 Å². The van der Waals surface area contributed by atoms with Gasteiger partial charge in [-0.2, -0.15) is 0 Å². The molecule has 0 aliphatic carbocycles. The second kappa shape index (κ2) is 7.74. The van der Waals surface area contributed by atoms with Gasteiger partial charge in [0.25, 0.3) is 5.91 Å². The minimum Gasteiger partial charge on any atom is -0.345 e. The second-order valence-electron chi connectivity index (χ2n) is 7.39. The van der Waals surface area contributed by atoms with E-state index in [4.69, 9.17) is 11.6 Å². The number of thiazole rings is 1. The molecule has 2 aromatic carbocycles. The van der Waals surface area contributed by atoms with Crippen LogP contribution < -0.4 is 4.90 Å². The van der Waals surface area contributed by atoms with Crippen LogP contribution >= 0.6 is 34.3 Å². The molecule has 0 spiro atoms.